The highest BCUT2D eigenvalue weighted by atomic mass is 32.2. The Morgan fingerprint density at radius 2 is 2.29 bits per heavy atom. The van der Waals surface area contributed by atoms with E-state index < -0.39 is 9.73 Å². The Labute approximate surface area is 83.5 Å². The third kappa shape index (κ3) is 1.87. The average Bonchev–Trinajstić information content (AvgIpc) is 2.16. The maximum atomic E-state index is 11.8. The summed E-state index contributed by atoms with van der Waals surface area (Å²) >= 11 is 0. The van der Waals surface area contributed by atoms with Crippen LogP contribution in [0.5, 0.6) is 5.75 Å². The second-order valence-electron chi connectivity index (χ2n) is 3.21. The van der Waals surface area contributed by atoms with Crippen LogP contribution in [0.15, 0.2) is 22.8 Å². The summed E-state index contributed by atoms with van der Waals surface area (Å²) in [6, 6.07) is 1.75. The van der Waals surface area contributed by atoms with Crippen molar-refractivity contribution in [2.75, 3.05) is 18.6 Å². The molecule has 1 aromatic rings. The van der Waals surface area contributed by atoms with E-state index in [1.165, 1.54) is 0 Å². The fraction of sp³-hybridized carbons (Fsp3) is 0.444. The first kappa shape index (κ1) is 9.45. The van der Waals surface area contributed by atoms with Crippen LogP contribution in [-0.4, -0.2) is 27.8 Å². The summed E-state index contributed by atoms with van der Waals surface area (Å²) in [6.07, 6.45) is 4.22. The van der Waals surface area contributed by atoms with Crippen LogP contribution in [0.25, 0.3) is 0 Å². The predicted molar refractivity (Wildman–Crippen MR) is 55.4 cm³/mol. The molecule has 5 heteroatoms. The standard InChI is InChI=1S/C9H12N2O2S/c1-13-9-5-8(6-10-7-9)11-14(12)3-2-4-14/h5-7H,2-4H2,1H3. The van der Waals surface area contributed by atoms with Crippen molar-refractivity contribution in [3.05, 3.63) is 18.5 Å². The van der Waals surface area contributed by atoms with Gasteiger partial charge in [0.1, 0.15) is 5.75 Å². The molecular weight excluding hydrogens is 200 g/mol. The van der Waals surface area contributed by atoms with Crippen molar-refractivity contribution in [1.29, 1.82) is 0 Å². The van der Waals surface area contributed by atoms with E-state index in [0.29, 0.717) is 22.9 Å². The van der Waals surface area contributed by atoms with Crippen molar-refractivity contribution in [1.82, 2.24) is 4.98 Å². The van der Waals surface area contributed by atoms with Gasteiger partial charge in [-0.3, -0.25) is 4.98 Å². The van der Waals surface area contributed by atoms with E-state index in [1.54, 1.807) is 25.6 Å². The molecule has 0 saturated carbocycles. The van der Waals surface area contributed by atoms with Gasteiger partial charge in [0.25, 0.3) is 0 Å². The second-order valence-corrected chi connectivity index (χ2v) is 5.75. The van der Waals surface area contributed by atoms with Gasteiger partial charge in [0.05, 0.1) is 34.9 Å². The predicted octanol–water partition coefficient (Wildman–Crippen LogP) is 1.59. The molecule has 76 valence electrons. The average molecular weight is 212 g/mol. The van der Waals surface area contributed by atoms with Crippen molar-refractivity contribution < 1.29 is 8.95 Å². The summed E-state index contributed by atoms with van der Waals surface area (Å²) in [5, 5.41) is 0. The summed E-state index contributed by atoms with van der Waals surface area (Å²) < 4.78 is 21.0. The molecular formula is C9H12N2O2S. The molecule has 1 aliphatic rings. The van der Waals surface area contributed by atoms with Crippen molar-refractivity contribution in [2.24, 2.45) is 4.36 Å². The van der Waals surface area contributed by atoms with E-state index in [-0.39, 0.29) is 0 Å². The number of hydrogen-bond acceptors (Lipinski definition) is 4. The molecule has 0 N–H and O–H groups in total. The summed E-state index contributed by atoms with van der Waals surface area (Å²) in [5.74, 6) is 2.07. The summed E-state index contributed by atoms with van der Waals surface area (Å²) in [6.45, 7) is 0. The summed E-state index contributed by atoms with van der Waals surface area (Å²) in [5.41, 5.74) is 0.647. The fourth-order valence-electron chi connectivity index (χ4n) is 1.24. The van der Waals surface area contributed by atoms with Crippen LogP contribution in [-0.2, 0) is 9.73 Å². The van der Waals surface area contributed by atoms with E-state index in [1.807, 2.05) is 0 Å². The van der Waals surface area contributed by atoms with Gasteiger partial charge in [-0.1, -0.05) is 0 Å². The van der Waals surface area contributed by atoms with Crippen LogP contribution in [0.4, 0.5) is 5.69 Å². The number of pyridine rings is 1. The van der Waals surface area contributed by atoms with Gasteiger partial charge in [-0.05, 0) is 6.42 Å². The van der Waals surface area contributed by atoms with Gasteiger partial charge in [0.2, 0.25) is 0 Å². The van der Waals surface area contributed by atoms with Crippen molar-refractivity contribution in [3.8, 4) is 5.75 Å². The fourth-order valence-corrected chi connectivity index (χ4v) is 2.69. The minimum Gasteiger partial charge on any atom is -0.495 e. The Morgan fingerprint density at radius 3 is 2.86 bits per heavy atom. The first-order valence-electron chi connectivity index (χ1n) is 4.43. The zero-order valence-electron chi connectivity index (χ0n) is 7.97. The molecule has 0 amide bonds. The monoisotopic (exact) mass is 212 g/mol. The first-order valence-corrected chi connectivity index (χ1v) is 6.29. The van der Waals surface area contributed by atoms with E-state index in [9.17, 15) is 4.21 Å². The van der Waals surface area contributed by atoms with Crippen LogP contribution < -0.4 is 4.74 Å². The number of methoxy groups -OCH3 is 1. The van der Waals surface area contributed by atoms with Crippen LogP contribution >= 0.6 is 0 Å². The lowest BCUT2D eigenvalue weighted by Gasteiger charge is -2.17. The van der Waals surface area contributed by atoms with E-state index in [2.05, 4.69) is 9.35 Å². The van der Waals surface area contributed by atoms with Crippen LogP contribution in [0, 0.1) is 0 Å². The molecule has 0 radical (unpaired) electrons. The largest absolute Gasteiger partial charge is 0.495 e. The molecule has 2 rings (SSSR count). The molecule has 4 nitrogen and oxygen atoms in total. The molecule has 1 aliphatic heterocycles. The molecule has 1 fully saturated rings. The normalized spacial score (nSPS) is 18.4. The molecule has 14 heavy (non-hydrogen) atoms. The first-order chi connectivity index (χ1) is 6.72. The van der Waals surface area contributed by atoms with Gasteiger partial charge >= 0.3 is 0 Å². The van der Waals surface area contributed by atoms with Crippen LogP contribution in [0.1, 0.15) is 6.42 Å². The molecule has 0 aromatic carbocycles. The molecule has 0 atom stereocenters. The number of nitrogens with zero attached hydrogens (tertiary/aromatic N) is 2. The minimum absolute atomic E-state index is 0.647. The van der Waals surface area contributed by atoms with E-state index in [4.69, 9.17) is 4.74 Å². The topological polar surface area (TPSA) is 51.6 Å². The molecule has 0 bridgehead atoms. The van der Waals surface area contributed by atoms with Crippen LogP contribution in [0.2, 0.25) is 0 Å². The van der Waals surface area contributed by atoms with Gasteiger partial charge in [0.15, 0.2) is 0 Å². The number of ether oxygens (including phenoxy) is 1. The van der Waals surface area contributed by atoms with E-state index >= 15 is 0 Å². The number of rotatable bonds is 2. The zero-order chi connectivity index (χ0) is 10.0. The Hall–Kier alpha value is -1.10. The molecule has 0 spiro atoms. The smallest absolute Gasteiger partial charge is 0.139 e. The summed E-state index contributed by atoms with van der Waals surface area (Å²) in [7, 11) is -0.364. The summed E-state index contributed by atoms with van der Waals surface area (Å²) in [4.78, 5) is 3.95. The zero-order valence-corrected chi connectivity index (χ0v) is 8.79. The molecule has 1 aromatic heterocycles. The molecule has 0 unspecified atom stereocenters. The van der Waals surface area contributed by atoms with Gasteiger partial charge in [0, 0.05) is 17.6 Å². The molecule has 0 aliphatic carbocycles. The van der Waals surface area contributed by atoms with Crippen molar-refractivity contribution in [3.63, 3.8) is 0 Å². The molecule has 2 heterocycles. The molecule has 1 saturated heterocycles. The van der Waals surface area contributed by atoms with Gasteiger partial charge in [-0.2, -0.15) is 4.36 Å². The highest BCUT2D eigenvalue weighted by Gasteiger charge is 2.19. The lowest BCUT2D eigenvalue weighted by Crippen LogP contribution is -2.22. The van der Waals surface area contributed by atoms with Gasteiger partial charge in [-0.15, -0.1) is 0 Å². The Kier molecular flexibility index (Phi) is 2.41. The Bertz CT molecular complexity index is 440. The van der Waals surface area contributed by atoms with Crippen molar-refractivity contribution >= 4 is 15.4 Å². The lowest BCUT2D eigenvalue weighted by molar-refractivity contribution is 0.413. The third-order valence-corrected chi connectivity index (χ3v) is 4.53. The van der Waals surface area contributed by atoms with E-state index in [0.717, 1.165) is 6.42 Å². The quantitative estimate of drug-likeness (QED) is 0.748. The maximum absolute atomic E-state index is 11.8. The van der Waals surface area contributed by atoms with Gasteiger partial charge < -0.3 is 4.74 Å². The maximum Gasteiger partial charge on any atom is 0.139 e. The Balaban J connectivity index is 2.33. The highest BCUT2D eigenvalue weighted by molar-refractivity contribution is 7.95. The Morgan fingerprint density at radius 1 is 1.50 bits per heavy atom. The van der Waals surface area contributed by atoms with Crippen LogP contribution in [0.3, 0.4) is 0 Å². The lowest BCUT2D eigenvalue weighted by atomic mass is 10.4. The van der Waals surface area contributed by atoms with Crippen molar-refractivity contribution in [2.45, 2.75) is 6.42 Å². The van der Waals surface area contributed by atoms with Gasteiger partial charge in [-0.25, -0.2) is 4.21 Å². The third-order valence-electron chi connectivity index (χ3n) is 2.13. The number of hydrogen-bond donors (Lipinski definition) is 0. The SMILES string of the molecule is COc1cncc(N=S2(=O)CCC2)c1. The minimum atomic E-state index is -1.94. The highest BCUT2D eigenvalue weighted by Crippen LogP contribution is 2.23. The number of aromatic nitrogens is 1. The second kappa shape index (κ2) is 3.57.